The Bertz CT molecular complexity index is 825. The van der Waals surface area contributed by atoms with Crippen molar-refractivity contribution in [2.45, 2.75) is 12.8 Å². The minimum absolute atomic E-state index is 0.170. The van der Waals surface area contributed by atoms with Gasteiger partial charge in [0.25, 0.3) is 0 Å². The topological polar surface area (TPSA) is 66.4 Å². The molecule has 0 spiro atoms. The van der Waals surface area contributed by atoms with Gasteiger partial charge in [-0.25, -0.2) is 4.79 Å². The number of nitrogens with zero attached hydrogens (tertiary/aromatic N) is 1. The number of halogens is 2. The van der Waals surface area contributed by atoms with Gasteiger partial charge in [0.05, 0.1) is 24.3 Å². The lowest BCUT2D eigenvalue weighted by Crippen LogP contribution is -2.04. The molecule has 2 aromatic rings. The zero-order valence-corrected chi connectivity index (χ0v) is 15.1. The first-order valence-corrected chi connectivity index (χ1v) is 8.58. The number of carbonyl (C=O) groups is 1. The van der Waals surface area contributed by atoms with Gasteiger partial charge in [-0.2, -0.15) is 0 Å². The van der Waals surface area contributed by atoms with E-state index in [4.69, 9.17) is 42.3 Å². The molecule has 2 aromatic carbocycles. The molecule has 1 aliphatic rings. The maximum atomic E-state index is 11.7. The van der Waals surface area contributed by atoms with Crippen molar-refractivity contribution in [1.82, 2.24) is 0 Å². The molecule has 0 atom stereocenters. The molecule has 0 N–H and O–H groups in total. The number of carbonyl (C=O) groups excluding carboxylic acids is 1. The van der Waals surface area contributed by atoms with Gasteiger partial charge in [0.15, 0.2) is 11.5 Å². The number of hydrogen-bond donors (Lipinski definition) is 0. The van der Waals surface area contributed by atoms with Crippen LogP contribution in [0.5, 0.6) is 17.2 Å². The lowest BCUT2D eigenvalue weighted by molar-refractivity contribution is -0.143. The molecular formula is C18H15Cl2NO5. The van der Waals surface area contributed by atoms with Gasteiger partial charge < -0.3 is 19.0 Å². The largest absolute Gasteiger partial charge is 0.492 e. The van der Waals surface area contributed by atoms with Crippen LogP contribution in [0.3, 0.4) is 0 Å². The van der Waals surface area contributed by atoms with Crippen LogP contribution in [0.4, 0.5) is 0 Å². The fourth-order valence-corrected chi connectivity index (χ4v) is 2.64. The summed E-state index contributed by atoms with van der Waals surface area (Å²) in [6.07, 6.45) is 2.07. The number of oxime groups is 1. The van der Waals surface area contributed by atoms with Crippen LogP contribution in [0.15, 0.2) is 41.6 Å². The first kappa shape index (κ1) is 18.4. The molecule has 0 saturated carbocycles. The summed E-state index contributed by atoms with van der Waals surface area (Å²) in [4.78, 5) is 16.5. The number of ether oxygens (including phenoxy) is 3. The lowest BCUT2D eigenvalue weighted by Gasteiger charge is -2.07. The van der Waals surface area contributed by atoms with Crippen molar-refractivity contribution >= 4 is 35.4 Å². The van der Waals surface area contributed by atoms with Crippen LogP contribution in [-0.2, 0) is 9.63 Å². The molecule has 0 fully saturated rings. The first-order chi connectivity index (χ1) is 12.6. The normalized spacial score (nSPS) is 12.4. The van der Waals surface area contributed by atoms with Gasteiger partial charge in [0.1, 0.15) is 5.75 Å². The van der Waals surface area contributed by atoms with E-state index in [1.54, 1.807) is 36.4 Å². The highest BCUT2D eigenvalue weighted by Crippen LogP contribution is 2.32. The van der Waals surface area contributed by atoms with E-state index in [-0.39, 0.29) is 13.2 Å². The van der Waals surface area contributed by atoms with Crippen molar-refractivity contribution < 1.29 is 23.8 Å². The molecule has 6 nitrogen and oxygen atoms in total. The molecule has 1 aliphatic heterocycles. The summed E-state index contributed by atoms with van der Waals surface area (Å²) >= 11 is 11.8. The van der Waals surface area contributed by atoms with Gasteiger partial charge in [-0.1, -0.05) is 28.4 Å². The first-order valence-electron chi connectivity index (χ1n) is 7.82. The maximum absolute atomic E-state index is 11.7. The quantitative estimate of drug-likeness (QED) is 0.299. The molecule has 1 heterocycles. The van der Waals surface area contributed by atoms with Crippen LogP contribution >= 0.6 is 23.2 Å². The molecule has 136 valence electrons. The van der Waals surface area contributed by atoms with Gasteiger partial charge in [-0.05, 0) is 42.8 Å². The monoisotopic (exact) mass is 395 g/mol. The summed E-state index contributed by atoms with van der Waals surface area (Å²) in [5.74, 6) is 1.39. The molecule has 0 amide bonds. The predicted molar refractivity (Wildman–Crippen MR) is 97.4 cm³/mol. The highest BCUT2D eigenvalue weighted by Gasteiger charge is 2.12. The van der Waals surface area contributed by atoms with Gasteiger partial charge in [0, 0.05) is 10.6 Å². The van der Waals surface area contributed by atoms with Gasteiger partial charge in [-0.15, -0.1) is 0 Å². The zero-order chi connectivity index (χ0) is 18.4. The minimum Gasteiger partial charge on any atom is -0.492 e. The Hall–Kier alpha value is -2.44. The van der Waals surface area contributed by atoms with Crippen LogP contribution in [0.1, 0.15) is 18.4 Å². The smallest absolute Gasteiger partial charge is 0.335 e. The second-order valence-corrected chi connectivity index (χ2v) is 6.18. The number of rotatable bonds is 7. The predicted octanol–water partition coefficient (Wildman–Crippen LogP) is 4.46. The fourth-order valence-electron chi connectivity index (χ4n) is 2.18. The van der Waals surface area contributed by atoms with Crippen molar-refractivity contribution in [2.24, 2.45) is 5.16 Å². The Morgan fingerprint density at radius 1 is 1.15 bits per heavy atom. The summed E-state index contributed by atoms with van der Waals surface area (Å²) < 4.78 is 16.0. The summed E-state index contributed by atoms with van der Waals surface area (Å²) in [5.41, 5.74) is 0.739. The number of hydrogen-bond acceptors (Lipinski definition) is 6. The van der Waals surface area contributed by atoms with Gasteiger partial charge in [0.2, 0.25) is 6.79 Å². The van der Waals surface area contributed by atoms with E-state index in [0.29, 0.717) is 40.3 Å². The third kappa shape index (κ3) is 5.03. The fraction of sp³-hybridized carbons (Fsp3) is 0.222. The van der Waals surface area contributed by atoms with Gasteiger partial charge >= 0.3 is 5.97 Å². The molecule has 3 rings (SSSR count). The van der Waals surface area contributed by atoms with Crippen LogP contribution in [0.25, 0.3) is 0 Å². The van der Waals surface area contributed by atoms with Crippen LogP contribution < -0.4 is 14.2 Å². The highest BCUT2D eigenvalue weighted by atomic mass is 35.5. The van der Waals surface area contributed by atoms with Crippen molar-refractivity contribution in [3.63, 3.8) is 0 Å². The van der Waals surface area contributed by atoms with Crippen molar-refractivity contribution in [3.05, 3.63) is 52.0 Å². The molecule has 8 heteroatoms. The number of benzene rings is 2. The number of fused-ring (bicyclic) bond motifs is 1. The van der Waals surface area contributed by atoms with Crippen LogP contribution in [0.2, 0.25) is 10.0 Å². The lowest BCUT2D eigenvalue weighted by atomic mass is 10.2. The second-order valence-electron chi connectivity index (χ2n) is 5.34. The Morgan fingerprint density at radius 3 is 2.85 bits per heavy atom. The molecule has 0 radical (unpaired) electrons. The van der Waals surface area contributed by atoms with Crippen molar-refractivity contribution in [3.8, 4) is 17.2 Å². The van der Waals surface area contributed by atoms with E-state index >= 15 is 0 Å². The van der Waals surface area contributed by atoms with Crippen molar-refractivity contribution in [1.29, 1.82) is 0 Å². The Balaban J connectivity index is 1.37. The van der Waals surface area contributed by atoms with E-state index in [1.807, 2.05) is 0 Å². The molecule has 26 heavy (non-hydrogen) atoms. The third-order valence-corrected chi connectivity index (χ3v) is 3.96. The van der Waals surface area contributed by atoms with E-state index in [9.17, 15) is 4.79 Å². The zero-order valence-electron chi connectivity index (χ0n) is 13.6. The average molecular weight is 396 g/mol. The van der Waals surface area contributed by atoms with E-state index in [0.717, 1.165) is 5.56 Å². The third-order valence-electron chi connectivity index (χ3n) is 3.43. The standard InChI is InChI=1S/C18H15Cl2NO5/c19-13-4-6-15(14(20)9-13)23-7-1-2-18(22)26-21-10-12-3-5-16-17(8-12)25-11-24-16/h3-6,8-10H,1-2,7,11H2/b21-10+. The SMILES string of the molecule is O=C(CCCOc1ccc(Cl)cc1Cl)O/N=C/c1ccc2c(c1)OCO2. The highest BCUT2D eigenvalue weighted by molar-refractivity contribution is 6.35. The summed E-state index contributed by atoms with van der Waals surface area (Å²) in [7, 11) is 0. The molecule has 0 aliphatic carbocycles. The molecule has 0 bridgehead atoms. The molecule has 0 saturated heterocycles. The molecule has 0 aromatic heterocycles. The average Bonchev–Trinajstić information content (AvgIpc) is 3.08. The van der Waals surface area contributed by atoms with E-state index < -0.39 is 5.97 Å². The van der Waals surface area contributed by atoms with E-state index in [1.165, 1.54) is 6.21 Å². The Kier molecular flexibility index (Phi) is 6.20. The summed E-state index contributed by atoms with van der Waals surface area (Å²) in [6, 6.07) is 10.3. The minimum atomic E-state index is -0.451. The summed E-state index contributed by atoms with van der Waals surface area (Å²) in [5, 5.41) is 4.64. The molecule has 0 unspecified atom stereocenters. The second kappa shape index (κ2) is 8.78. The van der Waals surface area contributed by atoms with E-state index in [2.05, 4.69) is 5.16 Å². The van der Waals surface area contributed by atoms with Crippen LogP contribution in [0, 0.1) is 0 Å². The Labute approximate surface area is 160 Å². The van der Waals surface area contributed by atoms with Gasteiger partial charge in [-0.3, -0.25) is 0 Å². The van der Waals surface area contributed by atoms with Crippen LogP contribution in [-0.4, -0.2) is 25.6 Å². The molecular weight excluding hydrogens is 381 g/mol. The van der Waals surface area contributed by atoms with Crippen molar-refractivity contribution in [2.75, 3.05) is 13.4 Å². The summed E-state index contributed by atoms with van der Waals surface area (Å²) in [6.45, 7) is 0.524. The Morgan fingerprint density at radius 2 is 2.00 bits per heavy atom. The maximum Gasteiger partial charge on any atom is 0.335 e.